The van der Waals surface area contributed by atoms with Gasteiger partial charge in [0.25, 0.3) is 0 Å². The van der Waals surface area contributed by atoms with Crippen LogP contribution in [0.3, 0.4) is 0 Å². The van der Waals surface area contributed by atoms with Crippen molar-refractivity contribution in [3.63, 3.8) is 0 Å². The molecule has 1 heterocycles. The lowest BCUT2D eigenvalue weighted by atomic mass is 10.2. The van der Waals surface area contributed by atoms with Crippen LogP contribution in [0.1, 0.15) is 13.8 Å². The van der Waals surface area contributed by atoms with Gasteiger partial charge in [-0.2, -0.15) is 0 Å². The second-order valence-corrected chi connectivity index (χ2v) is 4.09. The van der Waals surface area contributed by atoms with Crippen LogP contribution in [0.2, 0.25) is 0 Å². The summed E-state index contributed by atoms with van der Waals surface area (Å²) in [5.41, 5.74) is 0. The number of aliphatic carboxylic acids is 1. The molecule has 94 valence electrons. The molecular formula is C11H22N2O3. The van der Waals surface area contributed by atoms with E-state index in [-0.39, 0.29) is 6.04 Å². The Hall–Kier alpha value is -0.650. The molecule has 0 aliphatic carbocycles. The highest BCUT2D eigenvalue weighted by molar-refractivity contribution is 5.72. The number of hydrogen-bond acceptors (Lipinski definition) is 4. The van der Waals surface area contributed by atoms with Crippen LogP contribution in [0.4, 0.5) is 0 Å². The van der Waals surface area contributed by atoms with Gasteiger partial charge < -0.3 is 9.84 Å². The highest BCUT2D eigenvalue weighted by Crippen LogP contribution is 2.06. The van der Waals surface area contributed by atoms with Gasteiger partial charge in [0, 0.05) is 39.3 Å². The molecule has 0 radical (unpaired) electrons. The molecular weight excluding hydrogens is 208 g/mol. The zero-order chi connectivity index (χ0) is 12.0. The van der Waals surface area contributed by atoms with Gasteiger partial charge in [-0.1, -0.05) is 0 Å². The van der Waals surface area contributed by atoms with E-state index in [0.717, 1.165) is 45.9 Å². The number of nitrogens with zero attached hydrogens (tertiary/aromatic N) is 2. The molecule has 1 atom stereocenters. The van der Waals surface area contributed by atoms with Gasteiger partial charge in [0.15, 0.2) is 0 Å². The number of piperazine rings is 1. The molecule has 5 nitrogen and oxygen atoms in total. The number of rotatable bonds is 6. The number of carbonyl (C=O) groups is 1. The third kappa shape index (κ3) is 4.08. The summed E-state index contributed by atoms with van der Waals surface area (Å²) in [7, 11) is 0. The van der Waals surface area contributed by atoms with Crippen LogP contribution < -0.4 is 0 Å². The van der Waals surface area contributed by atoms with E-state index >= 15 is 0 Å². The van der Waals surface area contributed by atoms with E-state index in [1.54, 1.807) is 6.92 Å². The minimum absolute atomic E-state index is 0.367. The van der Waals surface area contributed by atoms with Crippen LogP contribution in [0.5, 0.6) is 0 Å². The first-order valence-corrected chi connectivity index (χ1v) is 5.92. The van der Waals surface area contributed by atoms with Gasteiger partial charge in [-0.05, 0) is 13.8 Å². The maximum absolute atomic E-state index is 10.8. The lowest BCUT2D eigenvalue weighted by molar-refractivity contribution is -0.143. The van der Waals surface area contributed by atoms with Crippen molar-refractivity contribution in [2.75, 3.05) is 45.9 Å². The first kappa shape index (κ1) is 13.4. The summed E-state index contributed by atoms with van der Waals surface area (Å²) in [5.74, 6) is -0.734. The minimum Gasteiger partial charge on any atom is -0.480 e. The van der Waals surface area contributed by atoms with Crippen molar-refractivity contribution in [1.29, 1.82) is 0 Å². The van der Waals surface area contributed by atoms with Gasteiger partial charge in [0.05, 0.1) is 6.61 Å². The van der Waals surface area contributed by atoms with Crippen molar-refractivity contribution in [1.82, 2.24) is 9.80 Å². The molecule has 1 N–H and O–H groups in total. The summed E-state index contributed by atoms with van der Waals surface area (Å²) >= 11 is 0. The Morgan fingerprint density at radius 1 is 1.38 bits per heavy atom. The van der Waals surface area contributed by atoms with E-state index in [2.05, 4.69) is 4.90 Å². The van der Waals surface area contributed by atoms with Crippen molar-refractivity contribution in [2.45, 2.75) is 19.9 Å². The van der Waals surface area contributed by atoms with E-state index in [1.807, 2.05) is 11.8 Å². The molecule has 0 spiro atoms. The van der Waals surface area contributed by atoms with Gasteiger partial charge in [0.1, 0.15) is 6.04 Å². The lowest BCUT2D eigenvalue weighted by Gasteiger charge is -2.36. The largest absolute Gasteiger partial charge is 0.480 e. The molecule has 0 aromatic heterocycles. The second kappa shape index (κ2) is 6.83. The molecule has 0 aromatic carbocycles. The Morgan fingerprint density at radius 2 is 2.00 bits per heavy atom. The molecule has 1 aliphatic rings. The summed E-state index contributed by atoms with van der Waals surface area (Å²) in [4.78, 5) is 15.1. The standard InChI is InChI=1S/C11H22N2O3/c1-3-16-9-8-12-4-6-13(7-5-12)10(2)11(14)15/h10H,3-9H2,1-2H3,(H,14,15). The maximum atomic E-state index is 10.8. The highest BCUT2D eigenvalue weighted by atomic mass is 16.5. The number of hydrogen-bond donors (Lipinski definition) is 1. The zero-order valence-electron chi connectivity index (χ0n) is 10.2. The minimum atomic E-state index is -0.734. The SMILES string of the molecule is CCOCCN1CCN(C(C)C(=O)O)CC1. The Morgan fingerprint density at radius 3 is 2.50 bits per heavy atom. The average Bonchev–Trinajstić information content (AvgIpc) is 2.29. The molecule has 16 heavy (non-hydrogen) atoms. The summed E-state index contributed by atoms with van der Waals surface area (Å²) in [5, 5.41) is 8.90. The van der Waals surface area contributed by atoms with Crippen molar-refractivity contribution in [2.24, 2.45) is 0 Å². The van der Waals surface area contributed by atoms with Gasteiger partial charge >= 0.3 is 5.97 Å². The maximum Gasteiger partial charge on any atom is 0.320 e. The van der Waals surface area contributed by atoms with E-state index in [1.165, 1.54) is 0 Å². The van der Waals surface area contributed by atoms with Gasteiger partial charge in [-0.15, -0.1) is 0 Å². The van der Waals surface area contributed by atoms with Crippen LogP contribution in [0.25, 0.3) is 0 Å². The molecule has 1 fully saturated rings. The Labute approximate surface area is 97.0 Å². The fraction of sp³-hybridized carbons (Fsp3) is 0.909. The third-order valence-electron chi connectivity index (χ3n) is 3.07. The molecule has 0 bridgehead atoms. The van der Waals surface area contributed by atoms with E-state index in [4.69, 9.17) is 9.84 Å². The van der Waals surface area contributed by atoms with Crippen LogP contribution in [0, 0.1) is 0 Å². The van der Waals surface area contributed by atoms with E-state index < -0.39 is 5.97 Å². The predicted octanol–water partition coefficient (Wildman–Crippen LogP) is 0.114. The molecule has 0 amide bonds. The van der Waals surface area contributed by atoms with Crippen molar-refractivity contribution in [3.8, 4) is 0 Å². The van der Waals surface area contributed by atoms with Crippen molar-refractivity contribution in [3.05, 3.63) is 0 Å². The van der Waals surface area contributed by atoms with Crippen LogP contribution in [-0.2, 0) is 9.53 Å². The summed E-state index contributed by atoms with van der Waals surface area (Å²) < 4.78 is 5.30. The lowest BCUT2D eigenvalue weighted by Crippen LogP contribution is -2.52. The number of carboxylic acids is 1. The van der Waals surface area contributed by atoms with Gasteiger partial charge in [-0.3, -0.25) is 14.6 Å². The van der Waals surface area contributed by atoms with Crippen molar-refractivity contribution < 1.29 is 14.6 Å². The fourth-order valence-electron chi connectivity index (χ4n) is 1.87. The second-order valence-electron chi connectivity index (χ2n) is 4.09. The van der Waals surface area contributed by atoms with Gasteiger partial charge in [-0.25, -0.2) is 0 Å². The summed E-state index contributed by atoms with van der Waals surface area (Å²) in [6.45, 7) is 9.75. The number of ether oxygens (including phenoxy) is 1. The van der Waals surface area contributed by atoms with E-state index in [0.29, 0.717) is 0 Å². The normalized spacial score (nSPS) is 20.9. The Bertz CT molecular complexity index is 215. The highest BCUT2D eigenvalue weighted by Gasteiger charge is 2.24. The molecule has 1 saturated heterocycles. The third-order valence-corrected chi connectivity index (χ3v) is 3.07. The first-order chi connectivity index (χ1) is 7.65. The quantitative estimate of drug-likeness (QED) is 0.657. The van der Waals surface area contributed by atoms with Gasteiger partial charge in [0.2, 0.25) is 0 Å². The predicted molar refractivity (Wildman–Crippen MR) is 61.6 cm³/mol. The zero-order valence-corrected chi connectivity index (χ0v) is 10.2. The average molecular weight is 230 g/mol. The molecule has 5 heteroatoms. The van der Waals surface area contributed by atoms with Crippen LogP contribution in [-0.4, -0.2) is 72.9 Å². The van der Waals surface area contributed by atoms with Crippen LogP contribution in [0.15, 0.2) is 0 Å². The first-order valence-electron chi connectivity index (χ1n) is 5.92. The molecule has 1 rings (SSSR count). The fourth-order valence-corrected chi connectivity index (χ4v) is 1.87. The number of carboxylic acid groups (broad SMARTS) is 1. The molecule has 0 saturated carbocycles. The summed E-state index contributed by atoms with van der Waals surface area (Å²) in [6.07, 6.45) is 0. The Balaban J connectivity index is 2.20. The molecule has 1 unspecified atom stereocenters. The van der Waals surface area contributed by atoms with Crippen LogP contribution >= 0.6 is 0 Å². The summed E-state index contributed by atoms with van der Waals surface area (Å²) in [6, 6.07) is -0.367. The Kier molecular flexibility index (Phi) is 5.73. The topological polar surface area (TPSA) is 53.0 Å². The molecule has 0 aromatic rings. The van der Waals surface area contributed by atoms with E-state index in [9.17, 15) is 4.79 Å². The smallest absolute Gasteiger partial charge is 0.320 e. The van der Waals surface area contributed by atoms with Crippen molar-refractivity contribution >= 4 is 5.97 Å². The molecule has 1 aliphatic heterocycles. The monoisotopic (exact) mass is 230 g/mol.